The van der Waals surface area contributed by atoms with Crippen LogP contribution in [0.4, 0.5) is 0 Å². The first-order chi connectivity index (χ1) is 9.04. The molecule has 0 aromatic carbocycles. The zero-order chi connectivity index (χ0) is 13.8. The Bertz CT molecular complexity index is 526. The predicted molar refractivity (Wildman–Crippen MR) is 68.0 cm³/mol. The Balaban J connectivity index is 1.91. The van der Waals surface area contributed by atoms with Crippen LogP contribution in [0.5, 0.6) is 0 Å². The van der Waals surface area contributed by atoms with Gasteiger partial charge in [-0.1, -0.05) is 0 Å². The van der Waals surface area contributed by atoms with Gasteiger partial charge in [0.05, 0.1) is 6.10 Å². The predicted octanol–water partition coefficient (Wildman–Crippen LogP) is -0.656. The molecule has 1 aliphatic rings. The molecule has 0 atom stereocenters. The van der Waals surface area contributed by atoms with Crippen molar-refractivity contribution < 1.29 is 9.90 Å². The van der Waals surface area contributed by atoms with Crippen molar-refractivity contribution >= 4 is 5.91 Å². The molecule has 0 bridgehead atoms. The lowest BCUT2D eigenvalue weighted by Gasteiger charge is -2.25. The summed E-state index contributed by atoms with van der Waals surface area (Å²) in [5, 5.41) is 12.1. The van der Waals surface area contributed by atoms with Gasteiger partial charge in [0.2, 0.25) is 0 Å². The molecule has 1 aromatic rings. The lowest BCUT2D eigenvalue weighted by atomic mass is 9.87. The van der Waals surface area contributed by atoms with Crippen LogP contribution in [0.2, 0.25) is 0 Å². The molecule has 1 aliphatic carbocycles. The van der Waals surface area contributed by atoms with E-state index in [1.165, 1.54) is 0 Å². The molecule has 0 saturated heterocycles. The van der Waals surface area contributed by atoms with Gasteiger partial charge < -0.3 is 15.4 Å². The number of hydrogen-bond donors (Lipinski definition) is 4. The molecule has 0 radical (unpaired) electrons. The third kappa shape index (κ3) is 3.78. The van der Waals surface area contributed by atoms with Crippen molar-refractivity contribution in [3.8, 4) is 0 Å². The lowest BCUT2D eigenvalue weighted by Crippen LogP contribution is -2.35. The van der Waals surface area contributed by atoms with Crippen LogP contribution in [0.1, 0.15) is 36.2 Å². The van der Waals surface area contributed by atoms with Crippen LogP contribution in [-0.2, 0) is 0 Å². The molecule has 4 N–H and O–H groups in total. The highest BCUT2D eigenvalue weighted by Crippen LogP contribution is 2.23. The van der Waals surface area contributed by atoms with Crippen LogP contribution in [-0.4, -0.2) is 33.6 Å². The minimum absolute atomic E-state index is 0.0374. The zero-order valence-corrected chi connectivity index (χ0v) is 10.4. The highest BCUT2D eigenvalue weighted by Gasteiger charge is 2.20. The number of aliphatic hydroxyl groups is 1. The number of H-pyrrole nitrogens is 2. The first-order valence-corrected chi connectivity index (χ1v) is 6.34. The Morgan fingerprint density at radius 3 is 2.58 bits per heavy atom. The summed E-state index contributed by atoms with van der Waals surface area (Å²) in [5.74, 6) is -0.129. The van der Waals surface area contributed by atoms with Gasteiger partial charge in [0.1, 0.15) is 5.69 Å². The van der Waals surface area contributed by atoms with Gasteiger partial charge >= 0.3 is 5.69 Å². The third-order valence-corrected chi connectivity index (χ3v) is 3.37. The molecule has 104 valence electrons. The summed E-state index contributed by atoms with van der Waals surface area (Å²) in [5.41, 5.74) is -1.34. The Labute approximate surface area is 109 Å². The molecule has 2 rings (SSSR count). The molecule has 19 heavy (non-hydrogen) atoms. The number of amides is 1. The maximum Gasteiger partial charge on any atom is 0.326 e. The fraction of sp³-hybridized carbons (Fsp3) is 0.583. The summed E-state index contributed by atoms with van der Waals surface area (Å²) in [6.45, 7) is 0.486. The van der Waals surface area contributed by atoms with E-state index in [-0.39, 0.29) is 11.8 Å². The van der Waals surface area contributed by atoms with E-state index >= 15 is 0 Å². The maximum absolute atomic E-state index is 11.8. The summed E-state index contributed by atoms with van der Waals surface area (Å²) in [6, 6.07) is 1.06. The Morgan fingerprint density at radius 2 is 1.95 bits per heavy atom. The monoisotopic (exact) mass is 267 g/mol. The molecule has 1 heterocycles. The Hall–Kier alpha value is -1.89. The van der Waals surface area contributed by atoms with Crippen molar-refractivity contribution in [3.63, 3.8) is 0 Å². The fourth-order valence-corrected chi connectivity index (χ4v) is 2.27. The van der Waals surface area contributed by atoms with Crippen LogP contribution in [0.25, 0.3) is 0 Å². The smallest absolute Gasteiger partial charge is 0.326 e. The normalized spacial score (nSPS) is 23.0. The Morgan fingerprint density at radius 1 is 1.26 bits per heavy atom. The van der Waals surface area contributed by atoms with Gasteiger partial charge in [0, 0.05) is 12.6 Å². The first kappa shape index (κ1) is 13.5. The second-order valence-corrected chi connectivity index (χ2v) is 4.89. The van der Waals surface area contributed by atoms with Crippen molar-refractivity contribution in [1.82, 2.24) is 15.3 Å². The number of aliphatic hydroxyl groups excluding tert-OH is 1. The average molecular weight is 267 g/mol. The summed E-state index contributed by atoms with van der Waals surface area (Å²) < 4.78 is 0. The van der Waals surface area contributed by atoms with Crippen molar-refractivity contribution in [3.05, 3.63) is 32.6 Å². The van der Waals surface area contributed by atoms with E-state index in [1.807, 2.05) is 4.98 Å². The van der Waals surface area contributed by atoms with Crippen LogP contribution >= 0.6 is 0 Å². The van der Waals surface area contributed by atoms with Gasteiger partial charge in [-0.05, 0) is 31.6 Å². The summed E-state index contributed by atoms with van der Waals surface area (Å²) in [4.78, 5) is 38.2. The van der Waals surface area contributed by atoms with Crippen molar-refractivity contribution in [2.45, 2.75) is 31.8 Å². The van der Waals surface area contributed by atoms with Gasteiger partial charge in [-0.15, -0.1) is 0 Å². The molecule has 0 spiro atoms. The van der Waals surface area contributed by atoms with Gasteiger partial charge in [0.25, 0.3) is 11.5 Å². The molecular formula is C12H17N3O4. The van der Waals surface area contributed by atoms with Crippen molar-refractivity contribution in [2.24, 2.45) is 5.92 Å². The molecule has 0 unspecified atom stereocenters. The van der Waals surface area contributed by atoms with Gasteiger partial charge in [-0.3, -0.25) is 14.6 Å². The number of carbonyl (C=O) groups excluding carboxylic acids is 1. The van der Waals surface area contributed by atoms with E-state index in [9.17, 15) is 19.5 Å². The van der Waals surface area contributed by atoms with E-state index in [1.54, 1.807) is 0 Å². The van der Waals surface area contributed by atoms with Crippen LogP contribution in [0.15, 0.2) is 15.7 Å². The van der Waals surface area contributed by atoms with Crippen LogP contribution in [0.3, 0.4) is 0 Å². The zero-order valence-electron chi connectivity index (χ0n) is 10.4. The van der Waals surface area contributed by atoms with Gasteiger partial charge in [-0.25, -0.2) is 4.79 Å². The number of aromatic nitrogens is 2. The summed E-state index contributed by atoms with van der Waals surface area (Å²) >= 11 is 0. The third-order valence-electron chi connectivity index (χ3n) is 3.37. The van der Waals surface area contributed by atoms with Crippen molar-refractivity contribution in [2.75, 3.05) is 6.54 Å². The molecule has 0 aliphatic heterocycles. The van der Waals surface area contributed by atoms with Crippen molar-refractivity contribution in [1.29, 1.82) is 0 Å². The van der Waals surface area contributed by atoms with E-state index in [0.717, 1.165) is 31.7 Å². The number of nitrogens with one attached hydrogen (secondary N) is 3. The number of aromatic amines is 2. The fourth-order valence-electron chi connectivity index (χ4n) is 2.27. The summed E-state index contributed by atoms with van der Waals surface area (Å²) in [6.07, 6.45) is 3.02. The molecule has 1 fully saturated rings. The lowest BCUT2D eigenvalue weighted by molar-refractivity contribution is 0.0905. The molecule has 7 heteroatoms. The van der Waals surface area contributed by atoms with E-state index in [2.05, 4.69) is 10.3 Å². The quantitative estimate of drug-likeness (QED) is 0.582. The van der Waals surface area contributed by atoms with Crippen LogP contribution in [0, 0.1) is 5.92 Å². The second kappa shape index (κ2) is 5.83. The summed E-state index contributed by atoms with van der Waals surface area (Å²) in [7, 11) is 0. The molecular weight excluding hydrogens is 250 g/mol. The largest absolute Gasteiger partial charge is 0.393 e. The second-order valence-electron chi connectivity index (χ2n) is 4.89. The van der Waals surface area contributed by atoms with E-state index in [4.69, 9.17) is 0 Å². The van der Waals surface area contributed by atoms with Gasteiger partial charge in [-0.2, -0.15) is 0 Å². The number of rotatable bonds is 3. The highest BCUT2D eigenvalue weighted by atomic mass is 16.3. The molecule has 1 saturated carbocycles. The van der Waals surface area contributed by atoms with Crippen LogP contribution < -0.4 is 16.6 Å². The van der Waals surface area contributed by atoms with Gasteiger partial charge in [0.15, 0.2) is 0 Å². The topological polar surface area (TPSA) is 115 Å². The molecule has 7 nitrogen and oxygen atoms in total. The number of carbonyl (C=O) groups is 1. The average Bonchev–Trinajstić information content (AvgIpc) is 2.36. The first-order valence-electron chi connectivity index (χ1n) is 6.34. The standard InChI is InChI=1S/C12H17N3O4/c16-8-3-1-7(2-4-8)6-13-11(18)9-5-10(17)15-12(19)14-9/h5,7-8,16H,1-4,6H2,(H,13,18)(H2,14,15,17,19). The Kier molecular flexibility index (Phi) is 4.16. The minimum Gasteiger partial charge on any atom is -0.393 e. The molecule has 1 aromatic heterocycles. The highest BCUT2D eigenvalue weighted by molar-refractivity contribution is 5.91. The molecule has 1 amide bonds. The number of hydrogen-bond acceptors (Lipinski definition) is 4. The SMILES string of the molecule is O=C(NCC1CCC(O)CC1)c1cc(=O)[nH]c(=O)[nH]1. The minimum atomic E-state index is -0.696. The van der Waals surface area contributed by atoms with E-state index < -0.39 is 17.2 Å². The maximum atomic E-state index is 11.8. The van der Waals surface area contributed by atoms with E-state index in [0.29, 0.717) is 12.5 Å².